The molecule has 150 valence electrons. The van der Waals surface area contributed by atoms with Gasteiger partial charge in [0.1, 0.15) is 5.58 Å². The number of anilines is 1. The van der Waals surface area contributed by atoms with Crippen molar-refractivity contribution in [1.29, 1.82) is 0 Å². The largest absolute Gasteiger partial charge is 0.451 e. The highest BCUT2D eigenvalue weighted by Crippen LogP contribution is 2.47. The number of fused-ring (bicyclic) bond motifs is 2. The van der Waals surface area contributed by atoms with Crippen LogP contribution >= 0.6 is 0 Å². The van der Waals surface area contributed by atoms with Gasteiger partial charge < -0.3 is 23.9 Å². The first-order valence-electron chi connectivity index (χ1n) is 10.1. The summed E-state index contributed by atoms with van der Waals surface area (Å²) in [4.78, 5) is 13.0. The van der Waals surface area contributed by atoms with E-state index in [2.05, 4.69) is 5.32 Å². The summed E-state index contributed by atoms with van der Waals surface area (Å²) >= 11 is 0. The lowest BCUT2D eigenvalue weighted by molar-refractivity contribution is -0.0716. The van der Waals surface area contributed by atoms with Crippen LogP contribution in [0.1, 0.15) is 48.7 Å². The molecule has 0 bridgehead atoms. The van der Waals surface area contributed by atoms with Crippen LogP contribution in [0.4, 0.5) is 5.69 Å². The van der Waals surface area contributed by atoms with E-state index >= 15 is 0 Å². The number of benzene rings is 2. The summed E-state index contributed by atoms with van der Waals surface area (Å²) in [6.45, 7) is 2.80. The molecule has 1 N–H and O–H groups in total. The van der Waals surface area contributed by atoms with E-state index in [1.54, 1.807) is 0 Å². The Balaban J connectivity index is 1.40. The molecule has 3 aromatic rings. The molecule has 2 heterocycles. The minimum atomic E-state index is -0.519. The third-order valence-corrected chi connectivity index (χ3v) is 5.51. The first kappa shape index (κ1) is 18.1. The Bertz CT molecular complexity index is 1060. The quantitative estimate of drug-likeness (QED) is 0.640. The molecule has 1 aliphatic heterocycles. The summed E-state index contributed by atoms with van der Waals surface area (Å²) in [7, 11) is 0. The van der Waals surface area contributed by atoms with Gasteiger partial charge in [-0.15, -0.1) is 0 Å². The summed E-state index contributed by atoms with van der Waals surface area (Å²) in [5, 5.41) is 3.81. The summed E-state index contributed by atoms with van der Waals surface area (Å²) in [5.74, 6) is 0.832. The summed E-state index contributed by atoms with van der Waals surface area (Å²) in [6, 6.07) is 13.1. The highest BCUT2D eigenvalue weighted by Gasteiger charge is 2.44. The van der Waals surface area contributed by atoms with Gasteiger partial charge in [-0.05, 0) is 38.0 Å². The molecule has 0 unspecified atom stereocenters. The SMILES string of the molecule is CCOCc1c(C(=O)Nc2ccc3c(c2)OC2(CCCC2)O3)oc2ccccc12. The van der Waals surface area contributed by atoms with Crippen LogP contribution in [0.2, 0.25) is 0 Å². The van der Waals surface area contributed by atoms with Crippen molar-refractivity contribution in [3.63, 3.8) is 0 Å². The topological polar surface area (TPSA) is 69.9 Å². The second-order valence-corrected chi connectivity index (χ2v) is 7.48. The Morgan fingerprint density at radius 1 is 1.10 bits per heavy atom. The van der Waals surface area contributed by atoms with Crippen LogP contribution in [0.15, 0.2) is 46.9 Å². The van der Waals surface area contributed by atoms with E-state index in [0.717, 1.165) is 42.4 Å². The summed E-state index contributed by atoms with van der Waals surface area (Å²) in [5.41, 5.74) is 2.06. The Labute approximate surface area is 168 Å². The molecule has 2 aromatic carbocycles. The molecule has 1 spiro atoms. The van der Waals surface area contributed by atoms with E-state index in [4.69, 9.17) is 18.6 Å². The predicted molar refractivity (Wildman–Crippen MR) is 108 cm³/mol. The van der Waals surface area contributed by atoms with Crippen molar-refractivity contribution >= 4 is 22.6 Å². The molecule has 2 aliphatic rings. The molecule has 29 heavy (non-hydrogen) atoms. The minimum absolute atomic E-state index is 0.268. The molecule has 6 nitrogen and oxygen atoms in total. The van der Waals surface area contributed by atoms with Gasteiger partial charge >= 0.3 is 0 Å². The monoisotopic (exact) mass is 393 g/mol. The third-order valence-electron chi connectivity index (χ3n) is 5.51. The molecule has 0 radical (unpaired) electrons. The fourth-order valence-corrected chi connectivity index (χ4v) is 4.11. The molecule has 0 atom stereocenters. The molecule has 1 aliphatic carbocycles. The normalized spacial score (nSPS) is 16.6. The van der Waals surface area contributed by atoms with Gasteiger partial charge in [0.2, 0.25) is 0 Å². The van der Waals surface area contributed by atoms with Gasteiger partial charge in [0.25, 0.3) is 11.7 Å². The third kappa shape index (κ3) is 3.23. The van der Waals surface area contributed by atoms with Gasteiger partial charge in [-0.1, -0.05) is 18.2 Å². The predicted octanol–water partition coefficient (Wildman–Crippen LogP) is 5.26. The van der Waals surface area contributed by atoms with Crippen LogP contribution in [0.25, 0.3) is 11.0 Å². The highest BCUT2D eigenvalue weighted by atomic mass is 16.7. The number of hydrogen-bond acceptors (Lipinski definition) is 5. The number of nitrogens with one attached hydrogen (secondary N) is 1. The van der Waals surface area contributed by atoms with Crippen molar-refractivity contribution in [3.05, 3.63) is 53.8 Å². The van der Waals surface area contributed by atoms with E-state index in [-0.39, 0.29) is 11.7 Å². The standard InChI is InChI=1S/C23H23NO5/c1-2-26-14-17-16-7-3-4-8-18(16)27-21(17)22(25)24-15-9-10-19-20(13-15)29-23(28-19)11-5-6-12-23/h3-4,7-10,13H,2,5-6,11-12,14H2,1H3,(H,24,25). The fraction of sp³-hybridized carbons (Fsp3) is 0.348. The van der Waals surface area contributed by atoms with Crippen LogP contribution in [0.3, 0.4) is 0 Å². The zero-order chi connectivity index (χ0) is 19.8. The molecule has 6 heteroatoms. The first-order chi connectivity index (χ1) is 14.2. The maximum absolute atomic E-state index is 13.0. The van der Waals surface area contributed by atoms with E-state index in [1.807, 2.05) is 49.4 Å². The van der Waals surface area contributed by atoms with Gasteiger partial charge in [0.05, 0.1) is 6.61 Å². The molecular formula is C23H23NO5. The Morgan fingerprint density at radius 3 is 2.72 bits per heavy atom. The van der Waals surface area contributed by atoms with Crippen molar-refractivity contribution in [2.75, 3.05) is 11.9 Å². The van der Waals surface area contributed by atoms with E-state index < -0.39 is 5.79 Å². The number of ether oxygens (including phenoxy) is 3. The molecule has 1 aromatic heterocycles. The van der Waals surface area contributed by atoms with Crippen LogP contribution in [-0.2, 0) is 11.3 Å². The Morgan fingerprint density at radius 2 is 1.90 bits per heavy atom. The zero-order valence-corrected chi connectivity index (χ0v) is 16.3. The van der Waals surface area contributed by atoms with Crippen molar-refractivity contribution in [1.82, 2.24) is 0 Å². The minimum Gasteiger partial charge on any atom is -0.451 e. The smallest absolute Gasteiger partial charge is 0.291 e. The van der Waals surface area contributed by atoms with Gasteiger partial charge in [-0.3, -0.25) is 4.79 Å². The van der Waals surface area contributed by atoms with Gasteiger partial charge in [-0.25, -0.2) is 0 Å². The second-order valence-electron chi connectivity index (χ2n) is 7.48. The number of hydrogen-bond donors (Lipinski definition) is 1. The Hall–Kier alpha value is -2.99. The molecule has 0 saturated heterocycles. The molecule has 1 fully saturated rings. The number of amides is 1. The lowest BCUT2D eigenvalue weighted by atomic mass is 10.1. The fourth-order valence-electron chi connectivity index (χ4n) is 4.11. The van der Waals surface area contributed by atoms with Gasteiger partial charge in [-0.2, -0.15) is 0 Å². The maximum Gasteiger partial charge on any atom is 0.291 e. The van der Waals surface area contributed by atoms with Crippen molar-refractivity contribution in [3.8, 4) is 11.5 Å². The Kier molecular flexibility index (Phi) is 4.43. The molecule has 5 rings (SSSR count). The van der Waals surface area contributed by atoms with Crippen LogP contribution in [0, 0.1) is 0 Å². The van der Waals surface area contributed by atoms with E-state index in [1.165, 1.54) is 0 Å². The van der Waals surface area contributed by atoms with Crippen LogP contribution < -0.4 is 14.8 Å². The average molecular weight is 393 g/mol. The van der Waals surface area contributed by atoms with Crippen molar-refractivity contribution in [2.45, 2.75) is 45.0 Å². The first-order valence-corrected chi connectivity index (χ1v) is 10.1. The van der Waals surface area contributed by atoms with Crippen molar-refractivity contribution < 1.29 is 23.4 Å². The number of rotatable bonds is 5. The van der Waals surface area contributed by atoms with Gasteiger partial charge in [0, 0.05) is 42.2 Å². The van der Waals surface area contributed by atoms with Crippen LogP contribution in [-0.4, -0.2) is 18.3 Å². The van der Waals surface area contributed by atoms with E-state index in [0.29, 0.717) is 30.2 Å². The lowest BCUT2D eigenvalue weighted by Crippen LogP contribution is -2.34. The maximum atomic E-state index is 13.0. The summed E-state index contributed by atoms with van der Waals surface area (Å²) in [6.07, 6.45) is 3.99. The number of carbonyl (C=O) groups excluding carboxylic acids is 1. The molecule has 1 saturated carbocycles. The number of furan rings is 1. The second kappa shape index (κ2) is 7.12. The summed E-state index contributed by atoms with van der Waals surface area (Å²) < 4.78 is 23.5. The number of para-hydroxylation sites is 1. The van der Waals surface area contributed by atoms with Crippen LogP contribution in [0.5, 0.6) is 11.5 Å². The van der Waals surface area contributed by atoms with Gasteiger partial charge in [0.15, 0.2) is 17.3 Å². The van der Waals surface area contributed by atoms with E-state index in [9.17, 15) is 4.79 Å². The average Bonchev–Trinajstić information content (AvgIpc) is 3.43. The lowest BCUT2D eigenvalue weighted by Gasteiger charge is -2.21. The zero-order valence-electron chi connectivity index (χ0n) is 16.3. The number of carbonyl (C=O) groups is 1. The molecule has 1 amide bonds. The highest BCUT2D eigenvalue weighted by molar-refractivity contribution is 6.06. The molecular weight excluding hydrogens is 370 g/mol. The van der Waals surface area contributed by atoms with Crippen molar-refractivity contribution in [2.24, 2.45) is 0 Å².